The molecule has 0 saturated carbocycles. The van der Waals surface area contributed by atoms with Crippen LogP contribution in [0.5, 0.6) is 0 Å². The number of carbonyl (C=O) groups is 1. The van der Waals surface area contributed by atoms with Crippen LogP contribution < -0.4 is 11.1 Å². The van der Waals surface area contributed by atoms with Crippen LogP contribution in [0.4, 0.5) is 0 Å². The van der Waals surface area contributed by atoms with Crippen molar-refractivity contribution in [1.29, 1.82) is 0 Å². The fourth-order valence-corrected chi connectivity index (χ4v) is 1.51. The summed E-state index contributed by atoms with van der Waals surface area (Å²) in [7, 11) is 0. The maximum Gasteiger partial charge on any atom is 0.267 e. The minimum Gasteiger partial charge on any atom is -0.391 e. The van der Waals surface area contributed by atoms with Crippen molar-refractivity contribution in [2.45, 2.75) is 12.3 Å². The standard InChI is InChI=1S/C10H12N4O/c11-9(15)8-3-6-13-10(14-8)7-1-4-12-5-2-7/h1,3-4,6-7,12H,2,5H2,(H2,11,15). The zero-order chi connectivity index (χ0) is 10.7. The number of primary amides is 1. The SMILES string of the molecule is NC(=O)c1ccnc(C2C=CNCC2)n1. The van der Waals surface area contributed by atoms with E-state index in [9.17, 15) is 4.79 Å². The number of nitrogens with two attached hydrogens (primary N) is 1. The maximum absolute atomic E-state index is 10.9. The molecule has 1 aromatic heterocycles. The number of amides is 1. The van der Waals surface area contributed by atoms with Gasteiger partial charge < -0.3 is 11.1 Å². The van der Waals surface area contributed by atoms with Crippen LogP contribution >= 0.6 is 0 Å². The highest BCUT2D eigenvalue weighted by atomic mass is 16.1. The molecule has 2 rings (SSSR count). The van der Waals surface area contributed by atoms with Crippen molar-refractivity contribution in [2.24, 2.45) is 5.73 Å². The molecule has 2 heterocycles. The summed E-state index contributed by atoms with van der Waals surface area (Å²) >= 11 is 0. The van der Waals surface area contributed by atoms with Gasteiger partial charge in [-0.25, -0.2) is 9.97 Å². The monoisotopic (exact) mass is 204 g/mol. The molecule has 1 aliphatic heterocycles. The van der Waals surface area contributed by atoms with Gasteiger partial charge in [-0.2, -0.15) is 0 Å². The maximum atomic E-state index is 10.9. The average molecular weight is 204 g/mol. The minimum absolute atomic E-state index is 0.172. The zero-order valence-electron chi connectivity index (χ0n) is 8.18. The molecule has 1 aromatic rings. The van der Waals surface area contributed by atoms with Crippen LogP contribution in [0.3, 0.4) is 0 Å². The number of hydrogen-bond donors (Lipinski definition) is 2. The Kier molecular flexibility index (Phi) is 2.62. The van der Waals surface area contributed by atoms with Gasteiger partial charge in [0.15, 0.2) is 0 Å². The van der Waals surface area contributed by atoms with E-state index in [1.807, 2.05) is 12.3 Å². The summed E-state index contributed by atoms with van der Waals surface area (Å²) in [5, 5.41) is 3.09. The van der Waals surface area contributed by atoms with Crippen LogP contribution in [0.1, 0.15) is 28.7 Å². The smallest absolute Gasteiger partial charge is 0.267 e. The predicted molar refractivity (Wildman–Crippen MR) is 55.1 cm³/mol. The van der Waals surface area contributed by atoms with Gasteiger partial charge in [0, 0.05) is 18.7 Å². The molecule has 1 unspecified atom stereocenters. The first-order valence-corrected chi connectivity index (χ1v) is 4.80. The Morgan fingerprint density at radius 1 is 1.60 bits per heavy atom. The molecule has 0 spiro atoms. The lowest BCUT2D eigenvalue weighted by Crippen LogP contribution is -2.19. The van der Waals surface area contributed by atoms with Crippen molar-refractivity contribution < 1.29 is 4.79 Å². The summed E-state index contributed by atoms with van der Waals surface area (Å²) < 4.78 is 0. The summed E-state index contributed by atoms with van der Waals surface area (Å²) in [5.74, 6) is 0.311. The third-order valence-electron chi connectivity index (χ3n) is 2.30. The summed E-state index contributed by atoms with van der Waals surface area (Å²) in [4.78, 5) is 19.2. The third kappa shape index (κ3) is 2.12. The summed E-state index contributed by atoms with van der Waals surface area (Å²) in [6.07, 6.45) is 6.37. The van der Waals surface area contributed by atoms with Gasteiger partial charge in [-0.05, 0) is 18.7 Å². The van der Waals surface area contributed by atoms with E-state index in [-0.39, 0.29) is 11.6 Å². The second kappa shape index (κ2) is 4.08. The zero-order valence-corrected chi connectivity index (χ0v) is 8.18. The molecule has 15 heavy (non-hydrogen) atoms. The van der Waals surface area contributed by atoms with E-state index in [4.69, 9.17) is 5.73 Å². The number of rotatable bonds is 2. The second-order valence-electron chi connectivity index (χ2n) is 3.37. The topological polar surface area (TPSA) is 80.9 Å². The first-order valence-electron chi connectivity index (χ1n) is 4.80. The predicted octanol–water partition coefficient (Wildman–Crippen LogP) is 0.166. The van der Waals surface area contributed by atoms with Crippen molar-refractivity contribution in [3.8, 4) is 0 Å². The fraction of sp³-hybridized carbons (Fsp3) is 0.300. The molecule has 5 heteroatoms. The molecule has 1 atom stereocenters. The van der Waals surface area contributed by atoms with Gasteiger partial charge in [-0.1, -0.05) is 6.08 Å². The fourth-order valence-electron chi connectivity index (χ4n) is 1.51. The average Bonchev–Trinajstić information content (AvgIpc) is 2.30. The molecule has 1 aliphatic rings. The van der Waals surface area contributed by atoms with Crippen molar-refractivity contribution in [2.75, 3.05) is 6.54 Å². The van der Waals surface area contributed by atoms with Gasteiger partial charge in [0.2, 0.25) is 0 Å². The normalized spacial score (nSPS) is 19.6. The first kappa shape index (κ1) is 9.64. The Balaban J connectivity index is 2.27. The lowest BCUT2D eigenvalue weighted by atomic mass is 10.0. The molecular formula is C10H12N4O. The Bertz CT molecular complexity index is 402. The molecule has 0 bridgehead atoms. The highest BCUT2D eigenvalue weighted by Gasteiger charge is 2.14. The van der Waals surface area contributed by atoms with E-state index in [0.717, 1.165) is 13.0 Å². The van der Waals surface area contributed by atoms with E-state index in [2.05, 4.69) is 15.3 Å². The molecule has 0 fully saturated rings. The quantitative estimate of drug-likeness (QED) is 0.719. The number of aromatic nitrogens is 2. The van der Waals surface area contributed by atoms with E-state index in [1.54, 1.807) is 6.20 Å². The van der Waals surface area contributed by atoms with Crippen LogP contribution in [0.2, 0.25) is 0 Å². The molecule has 0 aromatic carbocycles. The van der Waals surface area contributed by atoms with E-state index in [0.29, 0.717) is 5.82 Å². The molecule has 0 radical (unpaired) electrons. The lowest BCUT2D eigenvalue weighted by Gasteiger charge is -2.15. The van der Waals surface area contributed by atoms with Crippen molar-refractivity contribution >= 4 is 5.91 Å². The highest BCUT2D eigenvalue weighted by Crippen LogP contribution is 2.18. The number of nitrogens with zero attached hydrogens (tertiary/aromatic N) is 2. The van der Waals surface area contributed by atoms with E-state index < -0.39 is 5.91 Å². The summed E-state index contributed by atoms with van der Waals surface area (Å²) in [6, 6.07) is 1.52. The van der Waals surface area contributed by atoms with Crippen LogP contribution in [-0.4, -0.2) is 22.4 Å². The largest absolute Gasteiger partial charge is 0.391 e. The van der Waals surface area contributed by atoms with Gasteiger partial charge in [0.05, 0.1) is 0 Å². The number of allylic oxidation sites excluding steroid dienone is 1. The first-order chi connectivity index (χ1) is 7.27. The molecule has 3 N–H and O–H groups in total. The van der Waals surface area contributed by atoms with Gasteiger partial charge in [-0.3, -0.25) is 4.79 Å². The van der Waals surface area contributed by atoms with Gasteiger partial charge in [-0.15, -0.1) is 0 Å². The third-order valence-corrected chi connectivity index (χ3v) is 2.30. The van der Waals surface area contributed by atoms with Crippen LogP contribution in [-0.2, 0) is 0 Å². The van der Waals surface area contributed by atoms with Gasteiger partial charge in [0.1, 0.15) is 11.5 Å². The highest BCUT2D eigenvalue weighted by molar-refractivity contribution is 5.90. The number of carbonyl (C=O) groups excluding carboxylic acids is 1. The van der Waals surface area contributed by atoms with Crippen molar-refractivity contribution in [3.63, 3.8) is 0 Å². The van der Waals surface area contributed by atoms with Crippen LogP contribution in [0, 0.1) is 0 Å². The summed E-state index contributed by atoms with van der Waals surface area (Å²) in [6.45, 7) is 0.894. The van der Waals surface area contributed by atoms with E-state index in [1.165, 1.54) is 6.07 Å². The molecular weight excluding hydrogens is 192 g/mol. The van der Waals surface area contributed by atoms with Gasteiger partial charge in [0.25, 0.3) is 5.91 Å². The molecule has 1 amide bonds. The lowest BCUT2D eigenvalue weighted by molar-refractivity contribution is 0.0995. The second-order valence-corrected chi connectivity index (χ2v) is 3.37. The van der Waals surface area contributed by atoms with E-state index >= 15 is 0 Å². The molecule has 0 saturated heterocycles. The Hall–Kier alpha value is -1.91. The summed E-state index contributed by atoms with van der Waals surface area (Å²) in [5.41, 5.74) is 5.42. The molecule has 5 nitrogen and oxygen atoms in total. The number of hydrogen-bond acceptors (Lipinski definition) is 4. The molecule has 78 valence electrons. The van der Waals surface area contributed by atoms with Crippen LogP contribution in [0.15, 0.2) is 24.5 Å². The Morgan fingerprint density at radius 2 is 2.47 bits per heavy atom. The molecule has 0 aliphatic carbocycles. The van der Waals surface area contributed by atoms with Gasteiger partial charge >= 0.3 is 0 Å². The minimum atomic E-state index is -0.517. The van der Waals surface area contributed by atoms with Crippen LogP contribution in [0.25, 0.3) is 0 Å². The number of nitrogens with one attached hydrogen (secondary N) is 1. The van der Waals surface area contributed by atoms with Crippen molar-refractivity contribution in [1.82, 2.24) is 15.3 Å². The Labute approximate surface area is 87.4 Å². The Morgan fingerprint density at radius 3 is 3.13 bits per heavy atom. The van der Waals surface area contributed by atoms with Crippen molar-refractivity contribution in [3.05, 3.63) is 36.1 Å².